The second kappa shape index (κ2) is 19.2. The zero-order valence-electron chi connectivity index (χ0n) is 29.9. The smallest absolute Gasteiger partial charge is 0.262 e. The first-order valence-corrected chi connectivity index (χ1v) is 18.9. The summed E-state index contributed by atoms with van der Waals surface area (Å²) >= 11 is 1.57. The van der Waals surface area contributed by atoms with Crippen molar-refractivity contribution in [2.24, 2.45) is 5.73 Å². The number of hydrogen-bond donors (Lipinski definition) is 5. The minimum absolute atomic E-state index is 0.00907. The third kappa shape index (κ3) is 11.4. The monoisotopic (exact) mass is 755 g/mol. The first-order valence-electron chi connectivity index (χ1n) is 18.0. The van der Waals surface area contributed by atoms with Gasteiger partial charge in [0, 0.05) is 72.4 Å². The summed E-state index contributed by atoms with van der Waals surface area (Å²) in [5, 5.41) is 13.7. The fraction of sp³-hybridized carbons (Fsp3) is 0.359. The van der Waals surface area contributed by atoms with Crippen LogP contribution in [0.5, 0.6) is 5.75 Å². The normalized spacial score (nSPS) is 14.0. The van der Waals surface area contributed by atoms with Crippen LogP contribution in [0.2, 0.25) is 0 Å². The number of nitrogens with two attached hydrogens (primary N) is 1. The number of carbonyl (C=O) groups is 4. The van der Waals surface area contributed by atoms with Crippen molar-refractivity contribution in [1.29, 1.82) is 0 Å². The average Bonchev–Trinajstić information content (AvgIpc) is 3.90. The van der Waals surface area contributed by atoms with Crippen molar-refractivity contribution in [2.75, 3.05) is 63.3 Å². The molecule has 14 nitrogen and oxygen atoms in total. The second-order valence-corrected chi connectivity index (χ2v) is 13.8. The van der Waals surface area contributed by atoms with Crippen molar-refractivity contribution >= 4 is 46.3 Å². The Morgan fingerprint density at radius 3 is 2.35 bits per heavy atom. The van der Waals surface area contributed by atoms with Gasteiger partial charge in [0.1, 0.15) is 5.75 Å². The number of thiazole rings is 1. The molecule has 6 rings (SSSR count). The highest BCUT2D eigenvalue weighted by Crippen LogP contribution is 2.33. The van der Waals surface area contributed by atoms with Crippen LogP contribution in [0.1, 0.15) is 55.2 Å². The SMILES string of the molecule is N[C@H](CNCCOCCOCCNC(=O)c1ccc(NC(=O)c2ccc(CN(C(=O)c3ccc4c(c3)OCC(=O)N4)C3CC3)cc2)cc1)Cc1cscn1. The van der Waals surface area contributed by atoms with Crippen molar-refractivity contribution in [2.45, 2.75) is 37.9 Å². The number of nitrogens with one attached hydrogen (secondary N) is 4. The van der Waals surface area contributed by atoms with Gasteiger partial charge >= 0.3 is 0 Å². The maximum Gasteiger partial charge on any atom is 0.262 e. The van der Waals surface area contributed by atoms with Gasteiger partial charge in [0.2, 0.25) is 0 Å². The number of anilines is 2. The molecule has 0 radical (unpaired) electrons. The molecule has 54 heavy (non-hydrogen) atoms. The van der Waals surface area contributed by atoms with Crippen LogP contribution < -0.4 is 31.7 Å². The Hall–Kier alpha value is -5.19. The lowest BCUT2D eigenvalue weighted by Gasteiger charge is -2.24. The van der Waals surface area contributed by atoms with Crippen LogP contribution >= 0.6 is 11.3 Å². The molecule has 1 fully saturated rings. The van der Waals surface area contributed by atoms with Gasteiger partial charge in [0.05, 0.1) is 43.3 Å². The van der Waals surface area contributed by atoms with Crippen molar-refractivity contribution < 1.29 is 33.4 Å². The predicted molar refractivity (Wildman–Crippen MR) is 205 cm³/mol. The summed E-state index contributed by atoms with van der Waals surface area (Å²) in [7, 11) is 0. The highest BCUT2D eigenvalue weighted by molar-refractivity contribution is 7.07. The lowest BCUT2D eigenvalue weighted by Crippen LogP contribution is -2.37. The summed E-state index contributed by atoms with van der Waals surface area (Å²) in [6.45, 7) is 3.83. The van der Waals surface area contributed by atoms with Gasteiger partial charge in [-0.2, -0.15) is 0 Å². The Labute approximate surface area is 317 Å². The number of ether oxygens (including phenoxy) is 3. The first-order chi connectivity index (χ1) is 26.3. The van der Waals surface area contributed by atoms with Gasteiger partial charge in [0.15, 0.2) is 6.61 Å². The number of amides is 4. The van der Waals surface area contributed by atoms with Crippen LogP contribution in [-0.2, 0) is 27.2 Å². The van der Waals surface area contributed by atoms with Crippen LogP contribution in [0.15, 0.2) is 77.6 Å². The molecule has 2 heterocycles. The number of rotatable bonds is 20. The summed E-state index contributed by atoms with van der Waals surface area (Å²) < 4.78 is 16.6. The number of benzene rings is 3. The van der Waals surface area contributed by atoms with E-state index in [4.69, 9.17) is 19.9 Å². The van der Waals surface area contributed by atoms with Crippen molar-refractivity contribution in [3.63, 3.8) is 0 Å². The molecular formula is C39H45N7O7S. The van der Waals surface area contributed by atoms with Crippen molar-refractivity contribution in [3.8, 4) is 5.75 Å². The van der Waals surface area contributed by atoms with Gasteiger partial charge in [-0.1, -0.05) is 12.1 Å². The summed E-state index contributed by atoms with van der Waals surface area (Å²) in [4.78, 5) is 56.7. The Bertz CT molecular complexity index is 1870. The highest BCUT2D eigenvalue weighted by Gasteiger charge is 2.33. The predicted octanol–water partition coefficient (Wildman–Crippen LogP) is 3.45. The van der Waals surface area contributed by atoms with Crippen LogP contribution in [0, 0.1) is 0 Å². The van der Waals surface area contributed by atoms with Crippen LogP contribution in [0.4, 0.5) is 11.4 Å². The summed E-state index contributed by atoms with van der Waals surface area (Å²) in [5.41, 5.74) is 12.3. The molecule has 6 N–H and O–H groups in total. The third-order valence-electron chi connectivity index (χ3n) is 8.77. The lowest BCUT2D eigenvalue weighted by molar-refractivity contribution is -0.118. The molecule has 1 aromatic heterocycles. The third-order valence-corrected chi connectivity index (χ3v) is 9.41. The molecule has 1 aliphatic heterocycles. The lowest BCUT2D eigenvalue weighted by atomic mass is 10.1. The fourth-order valence-corrected chi connectivity index (χ4v) is 6.34. The molecule has 0 unspecified atom stereocenters. The topological polar surface area (TPSA) is 186 Å². The number of fused-ring (bicyclic) bond motifs is 1. The Morgan fingerprint density at radius 1 is 0.926 bits per heavy atom. The van der Waals surface area contributed by atoms with E-state index in [9.17, 15) is 19.2 Å². The molecule has 3 aromatic carbocycles. The number of hydrogen-bond acceptors (Lipinski definition) is 11. The molecule has 1 saturated carbocycles. The molecule has 0 bridgehead atoms. The Morgan fingerprint density at radius 2 is 1.63 bits per heavy atom. The zero-order chi connectivity index (χ0) is 37.7. The first kappa shape index (κ1) is 38.5. The summed E-state index contributed by atoms with van der Waals surface area (Å²) in [6, 6.07) is 19.0. The van der Waals surface area contributed by atoms with Crippen LogP contribution in [-0.4, -0.2) is 98.3 Å². The zero-order valence-corrected chi connectivity index (χ0v) is 30.7. The van der Waals surface area contributed by atoms with E-state index in [2.05, 4.69) is 26.3 Å². The largest absolute Gasteiger partial charge is 0.482 e. The van der Waals surface area contributed by atoms with Gasteiger partial charge < -0.3 is 46.1 Å². The number of nitrogens with zero attached hydrogens (tertiary/aromatic N) is 2. The quantitative estimate of drug-likeness (QED) is 0.0837. The average molecular weight is 756 g/mol. The minimum Gasteiger partial charge on any atom is -0.482 e. The molecular weight excluding hydrogens is 711 g/mol. The van der Waals surface area contributed by atoms with E-state index in [0.717, 1.165) is 30.5 Å². The molecule has 1 aliphatic carbocycles. The van der Waals surface area contributed by atoms with Crippen molar-refractivity contribution in [3.05, 3.63) is 106 Å². The van der Waals surface area contributed by atoms with Gasteiger partial charge in [-0.3, -0.25) is 19.2 Å². The van der Waals surface area contributed by atoms with Gasteiger partial charge in [-0.05, 0) is 73.0 Å². The highest BCUT2D eigenvalue weighted by atomic mass is 32.1. The maximum absolute atomic E-state index is 13.5. The van der Waals surface area contributed by atoms with E-state index in [1.165, 1.54) is 0 Å². The molecule has 15 heteroatoms. The molecule has 4 aromatic rings. The van der Waals surface area contributed by atoms with E-state index in [0.29, 0.717) is 86.4 Å². The molecule has 0 spiro atoms. The standard InChI is InChI=1S/C39H45N7O7S/c40-30(20-32-24-54-25-43-32)21-41-13-15-51-17-18-52-16-14-42-37(48)27-5-8-31(9-6-27)44-38(49)28-3-1-26(2-4-28)22-46(33-10-11-33)39(50)29-7-12-34-35(19-29)53-23-36(47)45-34/h1-9,12,19,24-25,30,33,41H,10-11,13-18,20-23,40H2,(H,42,48)(H,44,49)(H,45,47)/t30-/m0/s1. The van der Waals surface area contributed by atoms with Crippen LogP contribution in [0.3, 0.4) is 0 Å². The maximum atomic E-state index is 13.5. The van der Waals surface area contributed by atoms with Gasteiger partial charge in [-0.25, -0.2) is 4.98 Å². The van der Waals surface area contributed by atoms with E-state index in [1.807, 2.05) is 27.9 Å². The summed E-state index contributed by atoms with van der Waals surface area (Å²) in [6.07, 6.45) is 2.61. The number of aromatic nitrogens is 1. The Balaban J connectivity index is 0.856. The molecule has 284 valence electrons. The molecule has 4 amide bonds. The van der Waals surface area contributed by atoms with Gasteiger partial charge in [0.25, 0.3) is 23.6 Å². The van der Waals surface area contributed by atoms with Crippen molar-refractivity contribution in [1.82, 2.24) is 20.5 Å². The van der Waals surface area contributed by atoms with E-state index < -0.39 is 0 Å². The fourth-order valence-electron chi connectivity index (χ4n) is 5.76. The number of carbonyl (C=O) groups excluding carboxylic acids is 4. The summed E-state index contributed by atoms with van der Waals surface area (Å²) in [5.74, 6) is -0.401. The van der Waals surface area contributed by atoms with Gasteiger partial charge in [-0.15, -0.1) is 11.3 Å². The van der Waals surface area contributed by atoms with E-state index in [1.54, 1.807) is 65.9 Å². The van der Waals surface area contributed by atoms with Crippen LogP contribution in [0.25, 0.3) is 0 Å². The Kier molecular flexibility index (Phi) is 13.7. The molecule has 0 saturated heterocycles. The molecule has 2 aliphatic rings. The van der Waals surface area contributed by atoms with E-state index >= 15 is 0 Å². The molecule has 1 atom stereocenters. The van der Waals surface area contributed by atoms with E-state index in [-0.39, 0.29) is 42.3 Å². The minimum atomic E-state index is -0.292. The second-order valence-electron chi connectivity index (χ2n) is 13.1.